The molecule has 0 bridgehead atoms. The lowest BCUT2D eigenvalue weighted by Crippen LogP contribution is -2.15. The average Bonchev–Trinajstić information content (AvgIpc) is 2.80. The first-order valence-corrected chi connectivity index (χ1v) is 13.9. The van der Waals surface area contributed by atoms with Crippen molar-refractivity contribution in [2.45, 2.75) is 78.1 Å². The largest absolute Gasteiger partial charge is 0.469 e. The molecule has 0 saturated carbocycles. The normalized spacial score (nSPS) is 11.8. The van der Waals surface area contributed by atoms with Gasteiger partial charge in [0.2, 0.25) is 0 Å². The fourth-order valence-electron chi connectivity index (χ4n) is 3.79. The van der Waals surface area contributed by atoms with Gasteiger partial charge in [-0.2, -0.15) is 0 Å². The van der Waals surface area contributed by atoms with Crippen molar-refractivity contribution >= 4 is 20.3 Å². The van der Waals surface area contributed by atoms with E-state index < -0.39 is 8.38 Å². The number of ether oxygens (including phenoxy) is 2. The molecule has 0 spiro atoms. The molecule has 2 aromatic carbocycles. The molecule has 6 nitrogen and oxygen atoms in total. The Morgan fingerprint density at radius 3 is 1.36 bits per heavy atom. The predicted octanol–water partition coefficient (Wildman–Crippen LogP) is 6.89. The average molecular weight is 517 g/mol. The van der Waals surface area contributed by atoms with E-state index in [-0.39, 0.29) is 22.8 Å². The van der Waals surface area contributed by atoms with Crippen molar-refractivity contribution in [1.29, 1.82) is 0 Å². The van der Waals surface area contributed by atoms with Gasteiger partial charge in [-0.3, -0.25) is 9.59 Å². The van der Waals surface area contributed by atoms with Gasteiger partial charge in [0.25, 0.3) is 8.38 Å². The minimum Gasteiger partial charge on any atom is -0.469 e. The van der Waals surface area contributed by atoms with E-state index >= 15 is 0 Å². The zero-order chi connectivity index (χ0) is 27.1. The smallest absolute Gasteiger partial charge is 0.305 e. The molecule has 0 N–H and O–H groups in total. The molecule has 7 heteroatoms. The Morgan fingerprint density at radius 1 is 0.694 bits per heavy atom. The molecule has 0 heterocycles. The topological polar surface area (TPSA) is 71.1 Å². The third-order valence-electron chi connectivity index (χ3n) is 5.85. The molecule has 0 amide bonds. The summed E-state index contributed by atoms with van der Waals surface area (Å²) < 4.78 is 22.3. The molecule has 0 unspecified atom stereocenters. The summed E-state index contributed by atoms with van der Waals surface area (Å²) in [7, 11) is 1.55. The summed E-state index contributed by atoms with van der Waals surface area (Å²) in [5, 5.41) is 0. The Labute approximate surface area is 217 Å². The number of esters is 2. The quantitative estimate of drug-likeness (QED) is 0.253. The fraction of sp³-hybridized carbons (Fsp3) is 0.517. The van der Waals surface area contributed by atoms with Crippen LogP contribution in [0.5, 0.6) is 11.5 Å². The zero-order valence-electron chi connectivity index (χ0n) is 23.2. The minimum atomic E-state index is -1.27. The molecule has 0 radical (unpaired) electrons. The van der Waals surface area contributed by atoms with Gasteiger partial charge in [-0.1, -0.05) is 65.8 Å². The first-order valence-electron chi connectivity index (χ1n) is 12.2. The lowest BCUT2D eigenvalue weighted by atomic mass is 9.85. The number of aryl methyl sites for hydroxylation is 2. The first-order chi connectivity index (χ1) is 16.7. The number of carbonyl (C=O) groups is 2. The monoisotopic (exact) mass is 516 g/mol. The van der Waals surface area contributed by atoms with Gasteiger partial charge < -0.3 is 18.5 Å². The van der Waals surface area contributed by atoms with Crippen LogP contribution in [0.2, 0.25) is 0 Å². The number of methoxy groups -OCH3 is 2. The Balaban J connectivity index is 2.24. The van der Waals surface area contributed by atoms with Gasteiger partial charge in [0.05, 0.1) is 14.2 Å². The van der Waals surface area contributed by atoms with Gasteiger partial charge in [0.1, 0.15) is 11.5 Å². The second-order valence-corrected chi connectivity index (χ2v) is 12.2. The molecule has 0 aromatic heterocycles. The van der Waals surface area contributed by atoms with Gasteiger partial charge in [0, 0.05) is 30.6 Å². The summed E-state index contributed by atoms with van der Waals surface area (Å²) in [6, 6.07) is 12.1. The van der Waals surface area contributed by atoms with Crippen molar-refractivity contribution in [1.82, 2.24) is 0 Å². The van der Waals surface area contributed by atoms with Crippen LogP contribution >= 0.6 is 8.38 Å². The molecule has 0 aliphatic rings. The maximum Gasteiger partial charge on any atom is 0.305 e. The molecule has 198 valence electrons. The summed E-state index contributed by atoms with van der Waals surface area (Å²) in [4.78, 5) is 23.1. The SMILES string of the molecule is COC(=O)CCc1ccc(OP(C)Oc2ccc(CCC(=O)OC)cc2C(C)(C)C)c(C(C)(C)C)c1. The fourth-order valence-corrected chi connectivity index (χ4v) is 4.70. The molecule has 0 fully saturated rings. The van der Waals surface area contributed by atoms with Crippen molar-refractivity contribution in [2.24, 2.45) is 0 Å². The van der Waals surface area contributed by atoms with E-state index in [2.05, 4.69) is 53.7 Å². The van der Waals surface area contributed by atoms with Crippen LogP contribution in [-0.4, -0.2) is 32.8 Å². The highest BCUT2D eigenvalue weighted by Gasteiger charge is 2.24. The summed E-state index contributed by atoms with van der Waals surface area (Å²) in [5.74, 6) is 1.13. The summed E-state index contributed by atoms with van der Waals surface area (Å²) in [6.07, 6.45) is 1.92. The van der Waals surface area contributed by atoms with Gasteiger partial charge in [-0.05, 0) is 46.9 Å². The van der Waals surface area contributed by atoms with Crippen molar-refractivity contribution in [3.63, 3.8) is 0 Å². The lowest BCUT2D eigenvalue weighted by Gasteiger charge is -2.27. The maximum atomic E-state index is 11.6. The van der Waals surface area contributed by atoms with Crippen LogP contribution in [0.25, 0.3) is 0 Å². The van der Waals surface area contributed by atoms with Crippen LogP contribution in [0, 0.1) is 0 Å². The van der Waals surface area contributed by atoms with E-state index in [1.165, 1.54) is 14.2 Å². The molecule has 2 aromatic rings. The highest BCUT2D eigenvalue weighted by molar-refractivity contribution is 7.47. The number of rotatable bonds is 10. The molecular formula is C29H41O6P. The number of hydrogen-bond donors (Lipinski definition) is 0. The van der Waals surface area contributed by atoms with Crippen molar-refractivity contribution < 1.29 is 28.1 Å². The lowest BCUT2D eigenvalue weighted by molar-refractivity contribution is -0.141. The first kappa shape index (κ1) is 29.6. The second-order valence-electron chi connectivity index (χ2n) is 10.9. The maximum absolute atomic E-state index is 11.6. The molecule has 0 aliphatic heterocycles. The van der Waals surface area contributed by atoms with E-state index in [1.54, 1.807) is 0 Å². The second kappa shape index (κ2) is 12.6. The summed E-state index contributed by atoms with van der Waals surface area (Å²) >= 11 is 0. The van der Waals surface area contributed by atoms with Crippen LogP contribution in [0.15, 0.2) is 36.4 Å². The zero-order valence-corrected chi connectivity index (χ0v) is 24.1. The predicted molar refractivity (Wildman–Crippen MR) is 145 cm³/mol. The van der Waals surface area contributed by atoms with E-state index in [4.69, 9.17) is 18.5 Å². The molecular weight excluding hydrogens is 475 g/mol. The van der Waals surface area contributed by atoms with Gasteiger partial charge >= 0.3 is 11.9 Å². The molecule has 0 saturated heterocycles. The Bertz CT molecular complexity index is 965. The van der Waals surface area contributed by atoms with Gasteiger partial charge in [-0.25, -0.2) is 0 Å². The highest BCUT2D eigenvalue weighted by atomic mass is 31.2. The Hall–Kier alpha value is -2.59. The van der Waals surface area contributed by atoms with Crippen LogP contribution < -0.4 is 9.05 Å². The number of benzene rings is 2. The van der Waals surface area contributed by atoms with Gasteiger partial charge in [-0.15, -0.1) is 0 Å². The van der Waals surface area contributed by atoms with Crippen LogP contribution in [0.3, 0.4) is 0 Å². The summed E-state index contributed by atoms with van der Waals surface area (Å²) in [6.45, 7) is 14.8. The standard InChI is InChI=1S/C29H41O6P/c1-28(2,3)22-18-20(12-16-26(30)32-7)10-14-24(22)34-36(9)35-25-15-11-21(13-17-27(31)33-8)19-23(25)29(4,5)6/h10-11,14-15,18-19H,12-13,16-17H2,1-9H3. The van der Waals surface area contributed by atoms with E-state index in [0.717, 1.165) is 33.8 Å². The number of carbonyl (C=O) groups excluding carboxylic acids is 2. The van der Waals surface area contributed by atoms with Gasteiger partial charge in [0.15, 0.2) is 0 Å². The molecule has 36 heavy (non-hydrogen) atoms. The Morgan fingerprint density at radius 2 is 1.06 bits per heavy atom. The third kappa shape index (κ3) is 8.81. The van der Waals surface area contributed by atoms with Crippen LogP contribution in [0.1, 0.15) is 76.6 Å². The number of hydrogen-bond acceptors (Lipinski definition) is 6. The van der Waals surface area contributed by atoms with Crippen molar-refractivity contribution in [2.75, 3.05) is 20.9 Å². The Kier molecular flexibility index (Phi) is 10.4. The molecule has 0 aliphatic carbocycles. The van der Waals surface area contributed by atoms with Crippen LogP contribution in [0.4, 0.5) is 0 Å². The summed E-state index contributed by atoms with van der Waals surface area (Å²) in [5.41, 5.74) is 3.97. The van der Waals surface area contributed by atoms with Crippen LogP contribution in [-0.2, 0) is 42.7 Å². The molecule has 2 rings (SSSR count). The van der Waals surface area contributed by atoms with Crippen molar-refractivity contribution in [3.8, 4) is 11.5 Å². The third-order valence-corrected chi connectivity index (χ3v) is 6.76. The minimum absolute atomic E-state index is 0.148. The van der Waals surface area contributed by atoms with E-state index in [0.29, 0.717) is 25.7 Å². The van der Waals surface area contributed by atoms with E-state index in [9.17, 15) is 9.59 Å². The van der Waals surface area contributed by atoms with Crippen molar-refractivity contribution in [3.05, 3.63) is 58.7 Å². The van der Waals surface area contributed by atoms with E-state index in [1.807, 2.05) is 30.9 Å². The highest BCUT2D eigenvalue weighted by Crippen LogP contribution is 2.44. The molecule has 0 atom stereocenters.